The molecule has 1 unspecified atom stereocenters. The van der Waals surface area contributed by atoms with E-state index in [4.69, 9.17) is 16.3 Å². The highest BCUT2D eigenvalue weighted by molar-refractivity contribution is 6.30. The lowest BCUT2D eigenvalue weighted by Gasteiger charge is -2.25. The fraction of sp³-hybridized carbons (Fsp3) is 0.364. The number of pyridine rings is 1. The second-order valence-electron chi connectivity index (χ2n) is 7.43. The van der Waals surface area contributed by atoms with Crippen LogP contribution in [-0.2, 0) is 11.3 Å². The Morgan fingerprint density at radius 1 is 1.31 bits per heavy atom. The van der Waals surface area contributed by atoms with Gasteiger partial charge in [-0.05, 0) is 43.9 Å². The van der Waals surface area contributed by atoms with Crippen LogP contribution in [0.1, 0.15) is 40.0 Å². The van der Waals surface area contributed by atoms with Crippen molar-refractivity contribution in [2.75, 3.05) is 13.2 Å². The second-order valence-corrected chi connectivity index (χ2v) is 7.79. The van der Waals surface area contributed by atoms with E-state index in [-0.39, 0.29) is 12.0 Å². The first kappa shape index (κ1) is 19.7. The minimum Gasteiger partial charge on any atom is -0.376 e. The smallest absolute Gasteiger partial charge is 0.274 e. The van der Waals surface area contributed by atoms with Crippen LogP contribution in [0.2, 0.25) is 5.15 Å². The number of carbonyl (C=O) groups is 1. The van der Waals surface area contributed by atoms with E-state index in [1.807, 2.05) is 19.1 Å². The molecule has 2 aromatic heterocycles. The Kier molecular flexibility index (Phi) is 5.74. The summed E-state index contributed by atoms with van der Waals surface area (Å²) in [5.74, 6) is -0.190. The minimum absolute atomic E-state index is 0.0210. The lowest BCUT2D eigenvalue weighted by atomic mass is 10.0. The van der Waals surface area contributed by atoms with Crippen molar-refractivity contribution in [2.45, 2.75) is 39.3 Å². The molecule has 0 aliphatic carbocycles. The van der Waals surface area contributed by atoms with Gasteiger partial charge < -0.3 is 9.64 Å². The van der Waals surface area contributed by atoms with E-state index < -0.39 is 0 Å². The number of carbonyl (C=O) groups excluding carboxylic acids is 1. The molecule has 0 spiro atoms. The quantitative estimate of drug-likeness (QED) is 0.592. The maximum atomic E-state index is 13.1. The third kappa shape index (κ3) is 4.23. The largest absolute Gasteiger partial charge is 0.376 e. The van der Waals surface area contributed by atoms with E-state index in [2.05, 4.69) is 27.9 Å². The maximum Gasteiger partial charge on any atom is 0.274 e. The Morgan fingerprint density at radius 3 is 2.90 bits per heavy atom. The van der Waals surface area contributed by atoms with Crippen LogP contribution in [0.15, 0.2) is 36.8 Å². The van der Waals surface area contributed by atoms with Crippen LogP contribution in [-0.4, -0.2) is 45.0 Å². The molecule has 1 amide bonds. The first-order valence-corrected chi connectivity index (χ1v) is 10.1. The highest BCUT2D eigenvalue weighted by atomic mass is 35.5. The zero-order chi connectivity index (χ0) is 20.4. The molecule has 3 aromatic rings. The van der Waals surface area contributed by atoms with Gasteiger partial charge in [0.2, 0.25) is 0 Å². The normalized spacial score (nSPS) is 16.3. The van der Waals surface area contributed by atoms with E-state index in [1.54, 1.807) is 11.1 Å². The van der Waals surface area contributed by atoms with Crippen LogP contribution in [0.5, 0.6) is 0 Å². The number of halogens is 1. The van der Waals surface area contributed by atoms with Gasteiger partial charge in [0.1, 0.15) is 10.8 Å². The summed E-state index contributed by atoms with van der Waals surface area (Å²) in [5.41, 5.74) is 4.29. The summed E-state index contributed by atoms with van der Waals surface area (Å²) in [7, 11) is 0. The van der Waals surface area contributed by atoms with Gasteiger partial charge in [0, 0.05) is 43.0 Å². The van der Waals surface area contributed by atoms with E-state index in [0.717, 1.165) is 41.5 Å². The third-order valence-corrected chi connectivity index (χ3v) is 5.74. The van der Waals surface area contributed by atoms with Crippen molar-refractivity contribution in [3.8, 4) is 0 Å². The molecule has 0 radical (unpaired) electrons. The van der Waals surface area contributed by atoms with Gasteiger partial charge in [-0.15, -0.1) is 0 Å². The Balaban J connectivity index is 1.67. The molecule has 1 saturated heterocycles. The number of aryl methyl sites for hydroxylation is 2. The summed E-state index contributed by atoms with van der Waals surface area (Å²) in [4.78, 5) is 27.7. The number of hydrogen-bond donors (Lipinski definition) is 0. The predicted molar refractivity (Wildman–Crippen MR) is 112 cm³/mol. The molecule has 1 aliphatic heterocycles. The van der Waals surface area contributed by atoms with Crippen molar-refractivity contribution in [2.24, 2.45) is 0 Å². The Morgan fingerprint density at radius 2 is 2.17 bits per heavy atom. The van der Waals surface area contributed by atoms with Crippen molar-refractivity contribution >= 4 is 28.4 Å². The number of fused-ring (bicyclic) bond motifs is 1. The van der Waals surface area contributed by atoms with Gasteiger partial charge in [0.05, 0.1) is 17.8 Å². The molecule has 1 aliphatic rings. The van der Waals surface area contributed by atoms with Gasteiger partial charge in [-0.25, -0.2) is 9.97 Å². The first-order chi connectivity index (χ1) is 14.0. The molecule has 0 bridgehead atoms. The van der Waals surface area contributed by atoms with Crippen LogP contribution in [0.3, 0.4) is 0 Å². The van der Waals surface area contributed by atoms with Crippen LogP contribution < -0.4 is 0 Å². The molecule has 6 nitrogen and oxygen atoms in total. The van der Waals surface area contributed by atoms with Crippen molar-refractivity contribution in [1.29, 1.82) is 0 Å². The number of amides is 1. The maximum absolute atomic E-state index is 13.1. The van der Waals surface area contributed by atoms with E-state index in [1.165, 1.54) is 18.0 Å². The summed E-state index contributed by atoms with van der Waals surface area (Å²) < 4.78 is 5.76. The lowest BCUT2D eigenvalue weighted by Crippen LogP contribution is -2.37. The molecule has 0 saturated carbocycles. The van der Waals surface area contributed by atoms with Gasteiger partial charge >= 0.3 is 0 Å². The number of aromatic nitrogens is 3. The Hall–Kier alpha value is -2.57. The molecule has 29 heavy (non-hydrogen) atoms. The average molecular weight is 411 g/mol. The van der Waals surface area contributed by atoms with Crippen LogP contribution in [0, 0.1) is 13.8 Å². The number of nitrogens with zero attached hydrogens (tertiary/aromatic N) is 4. The SMILES string of the molecule is Cc1ccc2cc(CN(CC3CCCO3)C(=O)c3cnccn3)c(Cl)nc2c1C. The number of hydrogen-bond acceptors (Lipinski definition) is 5. The lowest BCUT2D eigenvalue weighted by molar-refractivity contribution is 0.0502. The topological polar surface area (TPSA) is 68.2 Å². The fourth-order valence-electron chi connectivity index (χ4n) is 3.65. The summed E-state index contributed by atoms with van der Waals surface area (Å²) >= 11 is 6.53. The minimum atomic E-state index is -0.190. The molecule has 1 fully saturated rings. The molecule has 1 atom stereocenters. The summed E-state index contributed by atoms with van der Waals surface area (Å²) in [6.45, 7) is 5.65. The number of ether oxygens (including phenoxy) is 1. The van der Waals surface area contributed by atoms with Gasteiger partial charge in [-0.3, -0.25) is 9.78 Å². The summed E-state index contributed by atoms with van der Waals surface area (Å²) in [6, 6.07) is 6.13. The van der Waals surface area contributed by atoms with Crippen molar-refractivity contribution < 1.29 is 9.53 Å². The zero-order valence-electron chi connectivity index (χ0n) is 16.6. The molecule has 3 heterocycles. The Labute approximate surface area is 174 Å². The number of rotatable bonds is 5. The van der Waals surface area contributed by atoms with E-state index in [0.29, 0.717) is 23.9 Å². The summed E-state index contributed by atoms with van der Waals surface area (Å²) in [5, 5.41) is 1.42. The molecular formula is C22H23ClN4O2. The predicted octanol–water partition coefficient (Wildman–Crippen LogP) is 4.12. The molecular weight excluding hydrogens is 388 g/mol. The van der Waals surface area contributed by atoms with Gasteiger partial charge in [-0.1, -0.05) is 23.7 Å². The van der Waals surface area contributed by atoms with Gasteiger partial charge in [0.25, 0.3) is 5.91 Å². The van der Waals surface area contributed by atoms with Crippen LogP contribution in [0.25, 0.3) is 10.9 Å². The van der Waals surface area contributed by atoms with Gasteiger partial charge in [-0.2, -0.15) is 0 Å². The van der Waals surface area contributed by atoms with Gasteiger partial charge in [0.15, 0.2) is 0 Å². The highest BCUT2D eigenvalue weighted by Gasteiger charge is 2.25. The van der Waals surface area contributed by atoms with E-state index >= 15 is 0 Å². The average Bonchev–Trinajstić information content (AvgIpc) is 3.25. The molecule has 150 valence electrons. The molecule has 1 aromatic carbocycles. The number of benzene rings is 1. The molecule has 0 N–H and O–H groups in total. The Bertz CT molecular complexity index is 1040. The second kappa shape index (κ2) is 8.43. The van der Waals surface area contributed by atoms with Crippen molar-refractivity contribution in [1.82, 2.24) is 19.9 Å². The third-order valence-electron chi connectivity index (χ3n) is 5.42. The zero-order valence-corrected chi connectivity index (χ0v) is 17.3. The molecule has 4 rings (SSSR count). The highest BCUT2D eigenvalue weighted by Crippen LogP contribution is 2.26. The van der Waals surface area contributed by atoms with E-state index in [9.17, 15) is 4.79 Å². The van der Waals surface area contributed by atoms with Crippen LogP contribution >= 0.6 is 11.6 Å². The molecule has 7 heteroatoms. The first-order valence-electron chi connectivity index (χ1n) is 9.75. The van der Waals surface area contributed by atoms with Crippen molar-refractivity contribution in [3.05, 3.63) is 64.3 Å². The monoisotopic (exact) mass is 410 g/mol. The standard InChI is InChI=1S/C22H23ClN4O2/c1-14-5-6-16-10-17(21(23)26-20(16)15(14)2)12-27(13-18-4-3-9-29-18)22(28)19-11-24-7-8-25-19/h5-8,10-11,18H,3-4,9,12-13H2,1-2H3. The summed E-state index contributed by atoms with van der Waals surface area (Å²) in [6.07, 6.45) is 6.52. The van der Waals surface area contributed by atoms with Crippen molar-refractivity contribution in [3.63, 3.8) is 0 Å². The van der Waals surface area contributed by atoms with Crippen LogP contribution in [0.4, 0.5) is 0 Å². The fourth-order valence-corrected chi connectivity index (χ4v) is 3.84.